The van der Waals surface area contributed by atoms with Crippen molar-refractivity contribution in [2.24, 2.45) is 5.73 Å². The first-order valence-corrected chi connectivity index (χ1v) is 3.91. The molecule has 0 bridgehead atoms. The van der Waals surface area contributed by atoms with Gasteiger partial charge in [0.1, 0.15) is 6.04 Å². The monoisotopic (exact) mass is 233 g/mol. The highest BCUT2D eigenvalue weighted by Crippen LogP contribution is 2.27. The highest BCUT2D eigenvalue weighted by molar-refractivity contribution is 5.85. The highest BCUT2D eigenvalue weighted by atomic mass is 35.5. The fraction of sp³-hybridized carbons (Fsp3) is 0.222. The number of halogens is 1. The number of benzene rings is 1. The summed E-state index contributed by atoms with van der Waals surface area (Å²) in [6.45, 7) is 0. The van der Waals surface area contributed by atoms with E-state index in [9.17, 15) is 4.79 Å². The van der Waals surface area contributed by atoms with E-state index in [4.69, 9.17) is 15.9 Å². The van der Waals surface area contributed by atoms with Crippen molar-refractivity contribution in [1.82, 2.24) is 0 Å². The van der Waals surface area contributed by atoms with Crippen LogP contribution in [0, 0.1) is 0 Å². The Kier molecular flexibility index (Phi) is 4.90. The third-order valence-corrected chi connectivity index (χ3v) is 1.81. The Morgan fingerprint density at radius 2 is 2.00 bits per heavy atom. The lowest BCUT2D eigenvalue weighted by Crippen LogP contribution is -2.22. The summed E-state index contributed by atoms with van der Waals surface area (Å²) in [7, 11) is 1.22. The lowest BCUT2D eigenvalue weighted by atomic mass is 10.1. The van der Waals surface area contributed by atoms with E-state index in [0.29, 0.717) is 5.56 Å². The molecule has 0 aliphatic rings. The molecule has 0 aliphatic carbocycles. The van der Waals surface area contributed by atoms with E-state index in [1.165, 1.54) is 25.3 Å². The number of phenols is 2. The maximum absolute atomic E-state index is 11.0. The van der Waals surface area contributed by atoms with Gasteiger partial charge in [-0.1, -0.05) is 6.07 Å². The van der Waals surface area contributed by atoms with Crippen LogP contribution in [0.4, 0.5) is 0 Å². The third-order valence-electron chi connectivity index (χ3n) is 1.81. The molecule has 1 atom stereocenters. The molecule has 1 unspecified atom stereocenters. The van der Waals surface area contributed by atoms with Crippen molar-refractivity contribution in [3.05, 3.63) is 23.8 Å². The SMILES string of the molecule is COC(=O)C(N)c1ccc(O)c(O)c1.Cl. The predicted octanol–water partition coefficient (Wildman–Crippen LogP) is 0.692. The van der Waals surface area contributed by atoms with E-state index in [1.54, 1.807) is 0 Å². The number of ether oxygens (including phenoxy) is 1. The van der Waals surface area contributed by atoms with Gasteiger partial charge in [0.15, 0.2) is 11.5 Å². The molecule has 5 nitrogen and oxygen atoms in total. The van der Waals surface area contributed by atoms with Gasteiger partial charge in [-0.15, -0.1) is 12.4 Å². The van der Waals surface area contributed by atoms with Crippen LogP contribution in [-0.4, -0.2) is 23.3 Å². The molecule has 0 radical (unpaired) electrons. The maximum atomic E-state index is 11.0. The maximum Gasteiger partial charge on any atom is 0.327 e. The largest absolute Gasteiger partial charge is 0.504 e. The summed E-state index contributed by atoms with van der Waals surface area (Å²) >= 11 is 0. The molecule has 1 aromatic carbocycles. The summed E-state index contributed by atoms with van der Waals surface area (Å²) in [4.78, 5) is 11.0. The summed E-state index contributed by atoms with van der Waals surface area (Å²) in [5, 5.41) is 18.2. The van der Waals surface area contributed by atoms with Crippen LogP contribution in [0.5, 0.6) is 11.5 Å². The Morgan fingerprint density at radius 1 is 1.40 bits per heavy atom. The molecule has 0 amide bonds. The Hall–Kier alpha value is -1.46. The number of methoxy groups -OCH3 is 1. The number of nitrogens with two attached hydrogens (primary N) is 1. The average molecular weight is 234 g/mol. The van der Waals surface area contributed by atoms with Crippen LogP contribution in [0.25, 0.3) is 0 Å². The van der Waals surface area contributed by atoms with Gasteiger partial charge in [0.25, 0.3) is 0 Å². The van der Waals surface area contributed by atoms with E-state index in [0.717, 1.165) is 0 Å². The molecular formula is C9H12ClNO4. The first-order chi connectivity index (χ1) is 6.56. The Balaban J connectivity index is 0.00000196. The molecule has 84 valence electrons. The van der Waals surface area contributed by atoms with E-state index in [2.05, 4.69) is 4.74 Å². The predicted molar refractivity (Wildman–Crippen MR) is 56.0 cm³/mol. The van der Waals surface area contributed by atoms with Gasteiger partial charge in [-0.05, 0) is 17.7 Å². The third kappa shape index (κ3) is 3.00. The number of aromatic hydroxyl groups is 2. The smallest absolute Gasteiger partial charge is 0.327 e. The molecule has 0 saturated carbocycles. The van der Waals surface area contributed by atoms with Gasteiger partial charge in [-0.3, -0.25) is 4.79 Å². The molecule has 0 spiro atoms. The summed E-state index contributed by atoms with van der Waals surface area (Å²) in [6, 6.07) is 2.97. The summed E-state index contributed by atoms with van der Waals surface area (Å²) in [5.41, 5.74) is 5.88. The van der Waals surface area contributed by atoms with Crippen molar-refractivity contribution < 1.29 is 19.7 Å². The van der Waals surface area contributed by atoms with Crippen LogP contribution < -0.4 is 5.73 Å². The second-order valence-electron chi connectivity index (χ2n) is 2.75. The van der Waals surface area contributed by atoms with Crippen molar-refractivity contribution in [2.45, 2.75) is 6.04 Å². The molecular weight excluding hydrogens is 222 g/mol. The van der Waals surface area contributed by atoms with Gasteiger partial charge in [0.2, 0.25) is 0 Å². The number of carbonyl (C=O) groups is 1. The first-order valence-electron chi connectivity index (χ1n) is 3.91. The zero-order valence-electron chi connectivity index (χ0n) is 8.01. The number of hydrogen-bond donors (Lipinski definition) is 3. The molecule has 0 saturated heterocycles. The minimum Gasteiger partial charge on any atom is -0.504 e. The number of hydrogen-bond acceptors (Lipinski definition) is 5. The summed E-state index contributed by atoms with van der Waals surface area (Å²) in [5.74, 6) is -1.18. The van der Waals surface area contributed by atoms with Crippen LogP contribution in [0.2, 0.25) is 0 Å². The van der Waals surface area contributed by atoms with E-state index >= 15 is 0 Å². The Bertz CT molecular complexity index is 356. The molecule has 4 N–H and O–H groups in total. The van der Waals surface area contributed by atoms with Gasteiger partial charge in [0.05, 0.1) is 7.11 Å². The van der Waals surface area contributed by atoms with Crippen molar-refractivity contribution in [1.29, 1.82) is 0 Å². The zero-order valence-corrected chi connectivity index (χ0v) is 8.82. The summed E-state index contributed by atoms with van der Waals surface area (Å²) < 4.78 is 4.43. The quantitative estimate of drug-likeness (QED) is 0.516. The van der Waals surface area contributed by atoms with Gasteiger partial charge in [0, 0.05) is 0 Å². The van der Waals surface area contributed by atoms with Gasteiger partial charge >= 0.3 is 5.97 Å². The van der Waals surface area contributed by atoms with Crippen molar-refractivity contribution >= 4 is 18.4 Å². The van der Waals surface area contributed by atoms with Crippen LogP contribution in [0.3, 0.4) is 0 Å². The minimum atomic E-state index is -0.952. The van der Waals surface area contributed by atoms with E-state index < -0.39 is 12.0 Å². The normalized spacial score (nSPS) is 11.3. The van der Waals surface area contributed by atoms with Crippen LogP contribution in [0.1, 0.15) is 11.6 Å². The number of esters is 1. The average Bonchev–Trinajstić information content (AvgIpc) is 2.20. The summed E-state index contributed by atoms with van der Waals surface area (Å²) in [6.07, 6.45) is 0. The van der Waals surface area contributed by atoms with Crippen molar-refractivity contribution in [3.8, 4) is 11.5 Å². The topological polar surface area (TPSA) is 92.8 Å². The second kappa shape index (κ2) is 5.43. The molecule has 6 heteroatoms. The minimum absolute atomic E-state index is 0. The van der Waals surface area contributed by atoms with Crippen LogP contribution in [0.15, 0.2) is 18.2 Å². The highest BCUT2D eigenvalue weighted by Gasteiger charge is 2.17. The molecule has 0 aliphatic heterocycles. The molecule has 0 fully saturated rings. The fourth-order valence-corrected chi connectivity index (χ4v) is 0.997. The fourth-order valence-electron chi connectivity index (χ4n) is 0.997. The molecule has 1 rings (SSSR count). The molecule has 0 aromatic heterocycles. The number of carbonyl (C=O) groups excluding carboxylic acids is 1. The van der Waals surface area contributed by atoms with Crippen molar-refractivity contribution in [3.63, 3.8) is 0 Å². The van der Waals surface area contributed by atoms with Gasteiger partial charge in [-0.25, -0.2) is 0 Å². The van der Waals surface area contributed by atoms with E-state index in [1.807, 2.05) is 0 Å². The van der Waals surface area contributed by atoms with E-state index in [-0.39, 0.29) is 23.9 Å². The van der Waals surface area contributed by atoms with Gasteiger partial charge in [-0.2, -0.15) is 0 Å². The number of phenolic OH excluding ortho intramolecular Hbond substituents is 2. The molecule has 15 heavy (non-hydrogen) atoms. The Morgan fingerprint density at radius 3 is 2.47 bits per heavy atom. The number of rotatable bonds is 2. The molecule has 1 aromatic rings. The Labute approximate surface area is 92.9 Å². The van der Waals surface area contributed by atoms with Crippen LogP contribution in [-0.2, 0) is 9.53 Å². The standard InChI is InChI=1S/C9H11NO4.ClH/c1-14-9(13)8(10)5-2-3-6(11)7(12)4-5;/h2-4,8,11-12H,10H2,1H3;1H. The zero-order chi connectivity index (χ0) is 10.7. The lowest BCUT2D eigenvalue weighted by Gasteiger charge is -2.09. The second-order valence-corrected chi connectivity index (χ2v) is 2.75. The molecule has 0 heterocycles. The van der Waals surface area contributed by atoms with Crippen molar-refractivity contribution in [2.75, 3.05) is 7.11 Å². The first kappa shape index (κ1) is 13.5. The van der Waals surface area contributed by atoms with Gasteiger partial charge < -0.3 is 20.7 Å². The van der Waals surface area contributed by atoms with Crippen LogP contribution >= 0.6 is 12.4 Å². The lowest BCUT2D eigenvalue weighted by molar-refractivity contribution is -0.142.